The third-order valence-corrected chi connectivity index (χ3v) is 3.91. The molecular formula is C18H25NO5. The van der Waals surface area contributed by atoms with Gasteiger partial charge in [-0.15, -0.1) is 0 Å². The first kappa shape index (κ1) is 18.3. The van der Waals surface area contributed by atoms with Crippen molar-refractivity contribution in [3.8, 4) is 11.5 Å². The molecule has 2 rings (SSSR count). The highest BCUT2D eigenvalue weighted by Gasteiger charge is 2.16. The van der Waals surface area contributed by atoms with Gasteiger partial charge in [0.1, 0.15) is 12.7 Å². The maximum Gasteiger partial charge on any atom is 0.330 e. The zero-order chi connectivity index (χ0) is 17.4. The molecule has 24 heavy (non-hydrogen) atoms. The number of methoxy groups -OCH3 is 2. The Kier molecular flexibility index (Phi) is 7.08. The lowest BCUT2D eigenvalue weighted by molar-refractivity contribution is -0.140. The van der Waals surface area contributed by atoms with E-state index in [4.69, 9.17) is 14.2 Å². The first-order valence-corrected chi connectivity index (χ1v) is 8.09. The second-order valence-electron chi connectivity index (χ2n) is 5.74. The molecule has 1 aromatic carbocycles. The van der Waals surface area contributed by atoms with Crippen molar-refractivity contribution in [2.75, 3.05) is 40.5 Å². The second-order valence-corrected chi connectivity index (χ2v) is 5.74. The van der Waals surface area contributed by atoms with Gasteiger partial charge in [-0.25, -0.2) is 4.79 Å². The molecule has 1 N–H and O–H groups in total. The van der Waals surface area contributed by atoms with Crippen LogP contribution in [-0.2, 0) is 9.53 Å². The van der Waals surface area contributed by atoms with E-state index in [-0.39, 0.29) is 6.61 Å². The fourth-order valence-electron chi connectivity index (χ4n) is 2.66. The van der Waals surface area contributed by atoms with Crippen LogP contribution in [0.15, 0.2) is 24.3 Å². The summed E-state index contributed by atoms with van der Waals surface area (Å²) in [6.45, 7) is 2.56. The van der Waals surface area contributed by atoms with Crippen LogP contribution < -0.4 is 9.47 Å². The van der Waals surface area contributed by atoms with Crippen molar-refractivity contribution in [2.24, 2.45) is 0 Å². The molecule has 1 fully saturated rings. The van der Waals surface area contributed by atoms with E-state index in [9.17, 15) is 9.90 Å². The van der Waals surface area contributed by atoms with E-state index in [0.717, 1.165) is 18.7 Å². The number of likely N-dealkylation sites (tertiary alicyclic amines) is 1. The normalized spacial score (nSPS) is 16.3. The fourth-order valence-corrected chi connectivity index (χ4v) is 2.66. The van der Waals surface area contributed by atoms with E-state index in [1.54, 1.807) is 32.4 Å². The van der Waals surface area contributed by atoms with Crippen LogP contribution in [0.4, 0.5) is 0 Å². The van der Waals surface area contributed by atoms with E-state index >= 15 is 0 Å². The molecule has 1 aromatic rings. The number of hydrogen-bond acceptors (Lipinski definition) is 6. The van der Waals surface area contributed by atoms with E-state index in [2.05, 4.69) is 4.90 Å². The van der Waals surface area contributed by atoms with Crippen LogP contribution >= 0.6 is 0 Å². The number of esters is 1. The number of nitrogens with zero attached hydrogens (tertiary/aromatic N) is 1. The molecule has 1 aliphatic heterocycles. The summed E-state index contributed by atoms with van der Waals surface area (Å²) in [4.78, 5) is 13.9. The molecule has 1 unspecified atom stereocenters. The Bertz CT molecular complexity index is 567. The van der Waals surface area contributed by atoms with Gasteiger partial charge in [-0.05, 0) is 49.7 Å². The lowest BCUT2D eigenvalue weighted by Crippen LogP contribution is -2.33. The number of rotatable bonds is 8. The lowest BCUT2D eigenvalue weighted by Gasteiger charge is -2.18. The fraction of sp³-hybridized carbons (Fsp3) is 0.500. The Morgan fingerprint density at radius 1 is 1.25 bits per heavy atom. The first-order valence-electron chi connectivity index (χ1n) is 8.09. The smallest absolute Gasteiger partial charge is 0.330 e. The maximum absolute atomic E-state index is 11.7. The number of aliphatic hydroxyl groups excluding tert-OH is 1. The average Bonchev–Trinajstić information content (AvgIpc) is 3.10. The SMILES string of the molecule is COc1ccc(C=CC(=O)OCC(O)CN2CCCC2)cc1OC. The third kappa shape index (κ3) is 5.54. The molecule has 0 aromatic heterocycles. The zero-order valence-corrected chi connectivity index (χ0v) is 14.2. The van der Waals surface area contributed by atoms with Gasteiger partial charge in [0.15, 0.2) is 11.5 Å². The van der Waals surface area contributed by atoms with Crippen molar-refractivity contribution >= 4 is 12.0 Å². The zero-order valence-electron chi connectivity index (χ0n) is 14.2. The summed E-state index contributed by atoms with van der Waals surface area (Å²) in [5.74, 6) is 0.738. The van der Waals surface area contributed by atoms with E-state index in [1.807, 2.05) is 6.07 Å². The van der Waals surface area contributed by atoms with Gasteiger partial charge in [-0.2, -0.15) is 0 Å². The summed E-state index contributed by atoms with van der Waals surface area (Å²) < 4.78 is 15.5. The molecule has 1 aliphatic rings. The van der Waals surface area contributed by atoms with Gasteiger partial charge in [0.25, 0.3) is 0 Å². The van der Waals surface area contributed by atoms with Crippen molar-refractivity contribution in [3.63, 3.8) is 0 Å². The number of β-amino-alcohol motifs (C(OH)–C–C–N with tert-alkyl or cyclic N) is 1. The monoisotopic (exact) mass is 335 g/mol. The van der Waals surface area contributed by atoms with Gasteiger partial charge >= 0.3 is 5.97 Å². The number of carbonyl (C=O) groups is 1. The Balaban J connectivity index is 1.79. The molecule has 0 spiro atoms. The van der Waals surface area contributed by atoms with Crippen molar-refractivity contribution < 1.29 is 24.1 Å². The van der Waals surface area contributed by atoms with Gasteiger partial charge in [0, 0.05) is 12.6 Å². The molecule has 132 valence electrons. The Morgan fingerprint density at radius 2 is 1.96 bits per heavy atom. The van der Waals surface area contributed by atoms with Crippen LogP contribution in [-0.4, -0.2) is 62.5 Å². The summed E-state index contributed by atoms with van der Waals surface area (Å²) in [7, 11) is 3.12. The molecular weight excluding hydrogens is 310 g/mol. The summed E-state index contributed by atoms with van der Waals surface area (Å²) >= 11 is 0. The van der Waals surface area contributed by atoms with Crippen LogP contribution in [0.25, 0.3) is 6.08 Å². The second kappa shape index (κ2) is 9.30. The topological polar surface area (TPSA) is 68.2 Å². The summed E-state index contributed by atoms with van der Waals surface area (Å²) in [6.07, 6.45) is 4.66. The highest BCUT2D eigenvalue weighted by Crippen LogP contribution is 2.27. The quantitative estimate of drug-likeness (QED) is 0.576. The average molecular weight is 335 g/mol. The van der Waals surface area contributed by atoms with Crippen LogP contribution in [0, 0.1) is 0 Å². The maximum atomic E-state index is 11.7. The minimum atomic E-state index is -0.651. The van der Waals surface area contributed by atoms with Crippen molar-refractivity contribution in [1.82, 2.24) is 4.90 Å². The molecule has 0 aliphatic carbocycles. The highest BCUT2D eigenvalue weighted by molar-refractivity contribution is 5.87. The summed E-state index contributed by atoms with van der Waals surface area (Å²) in [5.41, 5.74) is 0.794. The molecule has 6 nitrogen and oxygen atoms in total. The van der Waals surface area contributed by atoms with Gasteiger partial charge in [0.05, 0.1) is 14.2 Å². The highest BCUT2D eigenvalue weighted by atomic mass is 16.5. The van der Waals surface area contributed by atoms with Crippen LogP contribution in [0.2, 0.25) is 0 Å². The number of benzene rings is 1. The molecule has 0 saturated carbocycles. The predicted octanol–water partition coefficient (Wildman–Crippen LogP) is 1.72. The van der Waals surface area contributed by atoms with Crippen LogP contribution in [0.3, 0.4) is 0 Å². The number of aliphatic hydroxyl groups is 1. The third-order valence-electron chi connectivity index (χ3n) is 3.91. The number of ether oxygens (including phenoxy) is 3. The van der Waals surface area contributed by atoms with Crippen molar-refractivity contribution in [1.29, 1.82) is 0 Å². The number of carbonyl (C=O) groups excluding carboxylic acids is 1. The summed E-state index contributed by atoms with van der Waals surface area (Å²) in [6, 6.07) is 5.35. The Morgan fingerprint density at radius 3 is 2.62 bits per heavy atom. The minimum absolute atomic E-state index is 0.00556. The van der Waals surface area contributed by atoms with Gasteiger partial charge in [0.2, 0.25) is 0 Å². The van der Waals surface area contributed by atoms with Crippen LogP contribution in [0.5, 0.6) is 11.5 Å². The summed E-state index contributed by atoms with van der Waals surface area (Å²) in [5, 5.41) is 9.90. The van der Waals surface area contributed by atoms with Gasteiger partial charge in [-0.1, -0.05) is 6.07 Å². The van der Waals surface area contributed by atoms with Gasteiger partial charge < -0.3 is 24.2 Å². The van der Waals surface area contributed by atoms with Gasteiger partial charge in [-0.3, -0.25) is 0 Å². The molecule has 6 heteroatoms. The molecule has 1 saturated heterocycles. The van der Waals surface area contributed by atoms with E-state index in [1.165, 1.54) is 18.9 Å². The predicted molar refractivity (Wildman–Crippen MR) is 91.2 cm³/mol. The molecule has 0 amide bonds. The molecule has 0 radical (unpaired) electrons. The molecule has 1 atom stereocenters. The van der Waals surface area contributed by atoms with Crippen molar-refractivity contribution in [3.05, 3.63) is 29.8 Å². The van der Waals surface area contributed by atoms with Crippen LogP contribution in [0.1, 0.15) is 18.4 Å². The lowest BCUT2D eigenvalue weighted by atomic mass is 10.2. The Hall–Kier alpha value is -2.05. The molecule has 0 bridgehead atoms. The number of hydrogen-bond donors (Lipinski definition) is 1. The van der Waals surface area contributed by atoms with Crippen molar-refractivity contribution in [2.45, 2.75) is 18.9 Å². The standard InChI is InChI=1S/C18H25NO5/c1-22-16-7-5-14(11-17(16)23-2)6-8-18(21)24-13-15(20)12-19-9-3-4-10-19/h5-8,11,15,20H,3-4,9-10,12-13H2,1-2H3. The minimum Gasteiger partial charge on any atom is -0.493 e. The molecule has 1 heterocycles. The Labute approximate surface area is 142 Å². The first-order chi connectivity index (χ1) is 11.6. The largest absolute Gasteiger partial charge is 0.493 e. The van der Waals surface area contributed by atoms with E-state index in [0.29, 0.717) is 18.0 Å². The van der Waals surface area contributed by atoms with E-state index < -0.39 is 12.1 Å².